The first kappa shape index (κ1) is 20.4. The summed E-state index contributed by atoms with van der Waals surface area (Å²) in [6, 6.07) is 2.66. The Balaban J connectivity index is 1.23. The summed E-state index contributed by atoms with van der Waals surface area (Å²) < 4.78 is 37.9. The quantitative estimate of drug-likeness (QED) is 0.704. The van der Waals surface area contributed by atoms with E-state index in [9.17, 15) is 8.78 Å². The molecule has 6 rings (SSSR count). The van der Waals surface area contributed by atoms with Crippen molar-refractivity contribution in [3.05, 3.63) is 24.3 Å². The zero-order valence-corrected chi connectivity index (χ0v) is 18.0. The summed E-state index contributed by atoms with van der Waals surface area (Å²) in [7, 11) is 0. The lowest BCUT2D eigenvalue weighted by atomic mass is 10.1. The van der Waals surface area contributed by atoms with Crippen molar-refractivity contribution in [2.75, 3.05) is 32.0 Å². The minimum atomic E-state index is -2.94. The predicted octanol–water partition coefficient (Wildman–Crippen LogP) is 3.36. The molecular weight excluding hydrogens is 416 g/mol. The third-order valence-electron chi connectivity index (χ3n) is 7.58. The van der Waals surface area contributed by atoms with Crippen LogP contribution >= 0.6 is 0 Å². The third kappa shape index (κ3) is 3.85. The van der Waals surface area contributed by atoms with E-state index in [0.29, 0.717) is 35.4 Å². The summed E-state index contributed by atoms with van der Waals surface area (Å²) in [5, 5.41) is 0. The molecule has 0 bridgehead atoms. The number of alkyl halides is 2. The van der Waals surface area contributed by atoms with Crippen molar-refractivity contribution in [3.63, 3.8) is 0 Å². The van der Waals surface area contributed by atoms with Crippen LogP contribution < -0.4 is 10.5 Å². The highest BCUT2D eigenvalue weighted by atomic mass is 19.3. The van der Waals surface area contributed by atoms with Crippen LogP contribution in [0, 0.1) is 17.8 Å². The number of piperidine rings is 1. The number of pyridine rings is 1. The Morgan fingerprint density at radius 3 is 2.59 bits per heavy atom. The largest absolute Gasteiger partial charge is 0.431 e. The van der Waals surface area contributed by atoms with E-state index in [4.69, 9.17) is 15.5 Å². The number of rotatable bonds is 7. The fraction of sp³-hybridized carbons (Fsp3) is 0.652. The summed E-state index contributed by atoms with van der Waals surface area (Å²) in [6.45, 7) is 1.10. The predicted molar refractivity (Wildman–Crippen MR) is 114 cm³/mol. The summed E-state index contributed by atoms with van der Waals surface area (Å²) in [4.78, 5) is 11.6. The van der Waals surface area contributed by atoms with Gasteiger partial charge in [-0.05, 0) is 49.5 Å². The minimum Gasteiger partial charge on any atom is -0.431 e. The molecule has 4 fully saturated rings. The summed E-state index contributed by atoms with van der Waals surface area (Å²) in [5.41, 5.74) is 7.11. The van der Waals surface area contributed by atoms with E-state index in [1.54, 1.807) is 6.20 Å². The Labute approximate surface area is 185 Å². The molecule has 2 aromatic heterocycles. The number of nitrogen functional groups attached to an aromatic ring is 1. The number of ether oxygens (including phenoxy) is 2. The van der Waals surface area contributed by atoms with Crippen molar-refractivity contribution in [1.82, 2.24) is 19.4 Å². The maximum atomic E-state index is 12.7. The normalized spacial score (nSPS) is 28.3. The van der Waals surface area contributed by atoms with Crippen LogP contribution in [0.3, 0.4) is 0 Å². The molecule has 9 heteroatoms. The number of anilines is 1. The Morgan fingerprint density at radius 2 is 1.91 bits per heavy atom. The van der Waals surface area contributed by atoms with Gasteiger partial charge in [0.25, 0.3) is 0 Å². The smallest absolute Gasteiger partial charge is 0.387 e. The molecule has 2 aromatic rings. The second kappa shape index (κ2) is 7.95. The first-order chi connectivity index (χ1) is 15.6. The van der Waals surface area contributed by atoms with Gasteiger partial charge in [-0.1, -0.05) is 0 Å². The fourth-order valence-corrected chi connectivity index (χ4v) is 5.63. The Bertz CT molecular complexity index is 977. The number of imidazole rings is 1. The van der Waals surface area contributed by atoms with E-state index in [-0.39, 0.29) is 11.6 Å². The Morgan fingerprint density at radius 1 is 1.16 bits per heavy atom. The molecule has 0 amide bonds. The number of nitrogens with two attached hydrogens (primary N) is 1. The van der Waals surface area contributed by atoms with Gasteiger partial charge < -0.3 is 19.8 Å². The zero-order valence-electron chi connectivity index (χ0n) is 18.0. The van der Waals surface area contributed by atoms with Crippen LogP contribution in [0.2, 0.25) is 0 Å². The maximum absolute atomic E-state index is 12.7. The molecule has 0 unspecified atom stereocenters. The average molecular weight is 446 g/mol. The highest BCUT2D eigenvalue weighted by molar-refractivity contribution is 5.63. The zero-order chi connectivity index (χ0) is 21.8. The molecule has 3 atom stereocenters. The Kier molecular flexibility index (Phi) is 5.06. The van der Waals surface area contributed by atoms with Gasteiger partial charge in [0.2, 0.25) is 0 Å². The standard InChI is InChI=1S/C23H29F2N5O2/c24-23(25)32-19-8-14(9-27-22(19)26)18-12-30(20(28-18)7-13-1-2-13)21-16-10-29(11-17(16)21)15-3-5-31-6-4-15/h8-9,12-13,15-17,21,23H,1-7,10-11H2,(H2,26,27)/t16-,17+,21-. The molecule has 2 saturated heterocycles. The number of hydrogen-bond acceptors (Lipinski definition) is 6. The molecule has 4 heterocycles. The van der Waals surface area contributed by atoms with Crippen LogP contribution in [-0.2, 0) is 11.2 Å². The van der Waals surface area contributed by atoms with Crippen molar-refractivity contribution >= 4 is 5.82 Å². The second-order valence-electron chi connectivity index (χ2n) is 9.70. The second-order valence-corrected chi connectivity index (χ2v) is 9.70. The van der Waals surface area contributed by atoms with Crippen LogP contribution in [0.4, 0.5) is 14.6 Å². The molecule has 0 aromatic carbocycles. The van der Waals surface area contributed by atoms with Crippen molar-refractivity contribution < 1.29 is 18.3 Å². The van der Waals surface area contributed by atoms with Gasteiger partial charge in [0.15, 0.2) is 11.6 Å². The molecule has 7 nitrogen and oxygen atoms in total. The van der Waals surface area contributed by atoms with Crippen LogP contribution in [0.5, 0.6) is 5.75 Å². The summed E-state index contributed by atoms with van der Waals surface area (Å²) >= 11 is 0. The van der Waals surface area contributed by atoms with Gasteiger partial charge in [-0.2, -0.15) is 8.78 Å². The third-order valence-corrected chi connectivity index (χ3v) is 7.58. The van der Waals surface area contributed by atoms with Gasteiger partial charge in [0.1, 0.15) is 5.82 Å². The van der Waals surface area contributed by atoms with Gasteiger partial charge in [-0.3, -0.25) is 4.90 Å². The molecule has 2 aliphatic heterocycles. The highest BCUT2D eigenvalue weighted by Crippen LogP contribution is 2.57. The summed E-state index contributed by atoms with van der Waals surface area (Å²) in [5.74, 6) is 3.00. The van der Waals surface area contributed by atoms with Gasteiger partial charge in [0.05, 0.1) is 5.69 Å². The Hall–Kier alpha value is -2.26. The first-order valence-corrected chi connectivity index (χ1v) is 11.7. The lowest BCUT2D eigenvalue weighted by Crippen LogP contribution is -2.39. The molecule has 32 heavy (non-hydrogen) atoms. The molecule has 2 N–H and O–H groups in total. The maximum Gasteiger partial charge on any atom is 0.387 e. The molecule has 0 spiro atoms. The van der Waals surface area contributed by atoms with Crippen LogP contribution in [0.25, 0.3) is 11.3 Å². The lowest BCUT2D eigenvalue weighted by molar-refractivity contribution is -0.0494. The van der Waals surface area contributed by atoms with Gasteiger partial charge in [0, 0.05) is 62.8 Å². The first-order valence-electron chi connectivity index (χ1n) is 11.7. The van der Waals surface area contributed by atoms with E-state index in [1.165, 1.54) is 18.9 Å². The van der Waals surface area contributed by atoms with Gasteiger partial charge in [-0.15, -0.1) is 0 Å². The number of aromatic nitrogens is 3. The molecule has 2 saturated carbocycles. The average Bonchev–Trinajstić information content (AvgIpc) is 3.63. The van der Waals surface area contributed by atoms with Crippen molar-refractivity contribution in [3.8, 4) is 17.0 Å². The van der Waals surface area contributed by atoms with E-state index < -0.39 is 6.61 Å². The van der Waals surface area contributed by atoms with Crippen LogP contribution in [0.15, 0.2) is 18.5 Å². The number of hydrogen-bond donors (Lipinski definition) is 1. The fourth-order valence-electron chi connectivity index (χ4n) is 5.63. The molecule has 4 aliphatic rings. The topological polar surface area (TPSA) is 78.4 Å². The van der Waals surface area contributed by atoms with Crippen LogP contribution in [-0.4, -0.2) is 58.4 Å². The van der Waals surface area contributed by atoms with E-state index in [2.05, 4.69) is 25.4 Å². The number of nitrogens with zero attached hydrogens (tertiary/aromatic N) is 4. The van der Waals surface area contributed by atoms with E-state index in [0.717, 1.165) is 57.1 Å². The molecule has 0 radical (unpaired) electrons. The number of fused-ring (bicyclic) bond motifs is 1. The van der Waals surface area contributed by atoms with Crippen molar-refractivity contribution in [1.29, 1.82) is 0 Å². The number of halogens is 2. The SMILES string of the molecule is Nc1ncc(-c2cn([C@@H]3[C@@H]4CN(C5CCOCC5)C[C@@H]43)c(CC3CC3)n2)cc1OC(F)F. The van der Waals surface area contributed by atoms with E-state index >= 15 is 0 Å². The molecule has 2 aliphatic carbocycles. The number of likely N-dealkylation sites (tertiary alicyclic amines) is 1. The molecule has 172 valence electrons. The van der Waals surface area contributed by atoms with Crippen molar-refractivity contribution in [2.24, 2.45) is 17.8 Å². The molecular formula is C23H29F2N5O2. The lowest BCUT2D eigenvalue weighted by Gasteiger charge is -2.32. The van der Waals surface area contributed by atoms with Crippen LogP contribution in [0.1, 0.15) is 37.5 Å². The minimum absolute atomic E-state index is 0.0448. The summed E-state index contributed by atoms with van der Waals surface area (Å²) in [6.07, 6.45) is 9.43. The van der Waals surface area contributed by atoms with Gasteiger partial charge >= 0.3 is 6.61 Å². The monoisotopic (exact) mass is 445 g/mol. The highest BCUT2D eigenvalue weighted by Gasteiger charge is 2.58. The van der Waals surface area contributed by atoms with Crippen molar-refractivity contribution in [2.45, 2.75) is 50.8 Å². The van der Waals surface area contributed by atoms with Gasteiger partial charge in [-0.25, -0.2) is 9.97 Å². The van der Waals surface area contributed by atoms with E-state index in [1.807, 2.05) is 0 Å².